The number of nitriles is 1. The molecule has 1 unspecified atom stereocenters. The first-order valence-corrected chi connectivity index (χ1v) is 10.6. The highest BCUT2D eigenvalue weighted by Crippen LogP contribution is 2.54. The maximum Gasteiger partial charge on any atom is 0.259 e. The van der Waals surface area contributed by atoms with Crippen LogP contribution in [-0.2, 0) is 23.8 Å². The van der Waals surface area contributed by atoms with Gasteiger partial charge in [0.15, 0.2) is 5.41 Å². The zero-order valence-corrected chi connectivity index (χ0v) is 18.7. The van der Waals surface area contributed by atoms with Crippen molar-refractivity contribution in [3.05, 3.63) is 104 Å². The molecule has 1 aromatic heterocycles. The second kappa shape index (κ2) is 7.26. The molecule has 164 valence electrons. The van der Waals surface area contributed by atoms with Gasteiger partial charge in [-0.25, -0.2) is 0 Å². The van der Waals surface area contributed by atoms with Crippen LogP contribution in [0, 0.1) is 18.3 Å². The van der Waals surface area contributed by atoms with Crippen LogP contribution in [0.2, 0.25) is 5.02 Å². The molecule has 3 heterocycles. The molecule has 2 N–H and O–H groups in total. The SMILES string of the molecule is Cc1cc2c(c(=O)n1C)C1(C(=O)N(Cc3ccccc3Cl)c3ccccc31)C(C#N)=C(N)O2. The summed E-state index contributed by atoms with van der Waals surface area (Å²) in [6.07, 6.45) is 0. The Morgan fingerprint density at radius 2 is 1.85 bits per heavy atom. The Bertz CT molecular complexity index is 1480. The zero-order chi connectivity index (χ0) is 23.5. The molecule has 0 saturated heterocycles. The second-order valence-corrected chi connectivity index (χ2v) is 8.50. The molecule has 2 aliphatic heterocycles. The van der Waals surface area contributed by atoms with E-state index in [0.717, 1.165) is 5.56 Å². The van der Waals surface area contributed by atoms with E-state index >= 15 is 0 Å². The van der Waals surface area contributed by atoms with Crippen molar-refractivity contribution in [1.29, 1.82) is 5.26 Å². The third kappa shape index (κ3) is 2.68. The molecule has 7 nitrogen and oxygen atoms in total. The Kier molecular flexibility index (Phi) is 4.59. The molecule has 0 aliphatic carbocycles. The van der Waals surface area contributed by atoms with E-state index in [1.165, 1.54) is 4.57 Å². The fraction of sp³-hybridized carbons (Fsp3) is 0.160. The van der Waals surface area contributed by atoms with E-state index in [0.29, 0.717) is 22.0 Å². The fourth-order valence-electron chi connectivity index (χ4n) is 4.73. The molecule has 0 saturated carbocycles. The standard InChI is InChI=1S/C25H19ClN4O3/c1-14-11-20-21(23(31)29(14)2)25(17(12-27)22(28)33-20)16-8-4-6-10-19(16)30(24(25)32)13-15-7-3-5-9-18(15)26/h3-11H,13,28H2,1-2H3. The number of carbonyl (C=O) groups excluding carboxylic acids is 1. The number of fused-ring (bicyclic) bond motifs is 4. The molecule has 1 atom stereocenters. The van der Waals surface area contributed by atoms with Crippen LogP contribution in [-0.4, -0.2) is 10.5 Å². The summed E-state index contributed by atoms with van der Waals surface area (Å²) in [5, 5.41) is 10.6. The van der Waals surface area contributed by atoms with Gasteiger partial charge >= 0.3 is 0 Å². The maximum absolute atomic E-state index is 14.3. The van der Waals surface area contributed by atoms with Gasteiger partial charge in [-0.05, 0) is 24.6 Å². The summed E-state index contributed by atoms with van der Waals surface area (Å²) in [4.78, 5) is 29.4. The minimum Gasteiger partial charge on any atom is -0.440 e. The molecule has 33 heavy (non-hydrogen) atoms. The molecule has 0 bridgehead atoms. The molecule has 3 aromatic rings. The first kappa shape index (κ1) is 20.9. The van der Waals surface area contributed by atoms with Crippen molar-refractivity contribution in [2.75, 3.05) is 4.90 Å². The minimum atomic E-state index is -1.72. The summed E-state index contributed by atoms with van der Waals surface area (Å²) in [5.41, 5.74) is 6.47. The number of aryl methyl sites for hydroxylation is 1. The van der Waals surface area contributed by atoms with Gasteiger partial charge in [-0.1, -0.05) is 48.0 Å². The number of halogens is 1. The van der Waals surface area contributed by atoms with Crippen molar-refractivity contribution in [1.82, 2.24) is 4.57 Å². The van der Waals surface area contributed by atoms with Crippen LogP contribution in [0.5, 0.6) is 5.75 Å². The Hall–Kier alpha value is -4.02. The van der Waals surface area contributed by atoms with Gasteiger partial charge in [-0.15, -0.1) is 0 Å². The number of aromatic nitrogens is 1. The largest absolute Gasteiger partial charge is 0.440 e. The third-order valence-electron chi connectivity index (χ3n) is 6.41. The number of para-hydroxylation sites is 1. The number of carbonyl (C=O) groups is 1. The molecular weight excluding hydrogens is 440 g/mol. The van der Waals surface area contributed by atoms with Gasteiger partial charge in [0.2, 0.25) is 11.8 Å². The van der Waals surface area contributed by atoms with Gasteiger partial charge in [0.05, 0.1) is 12.1 Å². The number of nitrogens with zero attached hydrogens (tertiary/aromatic N) is 3. The van der Waals surface area contributed by atoms with Crippen LogP contribution >= 0.6 is 11.6 Å². The van der Waals surface area contributed by atoms with Gasteiger partial charge < -0.3 is 19.9 Å². The van der Waals surface area contributed by atoms with Crippen LogP contribution < -0.4 is 20.9 Å². The van der Waals surface area contributed by atoms with E-state index in [1.54, 1.807) is 55.3 Å². The lowest BCUT2D eigenvalue weighted by atomic mass is 9.69. The van der Waals surface area contributed by atoms with Crippen LogP contribution in [0.1, 0.15) is 22.4 Å². The van der Waals surface area contributed by atoms with Gasteiger partial charge in [-0.2, -0.15) is 5.26 Å². The van der Waals surface area contributed by atoms with Crippen LogP contribution in [0.4, 0.5) is 5.69 Å². The summed E-state index contributed by atoms with van der Waals surface area (Å²) < 4.78 is 7.14. The van der Waals surface area contributed by atoms with E-state index in [4.69, 9.17) is 22.1 Å². The average Bonchev–Trinajstić information content (AvgIpc) is 3.03. The van der Waals surface area contributed by atoms with Crippen LogP contribution in [0.25, 0.3) is 0 Å². The quantitative estimate of drug-likeness (QED) is 0.635. The molecule has 0 radical (unpaired) electrons. The summed E-state index contributed by atoms with van der Waals surface area (Å²) in [6, 6.07) is 18.1. The van der Waals surface area contributed by atoms with Crippen molar-refractivity contribution >= 4 is 23.2 Å². The van der Waals surface area contributed by atoms with Crippen molar-refractivity contribution in [2.24, 2.45) is 12.8 Å². The van der Waals surface area contributed by atoms with E-state index in [1.807, 2.05) is 18.2 Å². The number of nitrogens with two attached hydrogens (primary N) is 1. The van der Waals surface area contributed by atoms with Gasteiger partial charge in [0.25, 0.3) is 5.56 Å². The Labute approximate surface area is 194 Å². The molecular formula is C25H19ClN4O3. The molecule has 1 amide bonds. The van der Waals surface area contributed by atoms with Gasteiger partial charge in [0, 0.05) is 35.1 Å². The monoisotopic (exact) mass is 458 g/mol. The molecule has 0 fully saturated rings. The lowest BCUT2D eigenvalue weighted by Gasteiger charge is -2.34. The second-order valence-electron chi connectivity index (χ2n) is 8.09. The highest BCUT2D eigenvalue weighted by atomic mass is 35.5. The summed E-state index contributed by atoms with van der Waals surface area (Å²) in [5.74, 6) is -0.469. The van der Waals surface area contributed by atoms with Crippen molar-refractivity contribution < 1.29 is 9.53 Å². The van der Waals surface area contributed by atoms with Crippen LogP contribution in [0.15, 0.2) is 70.8 Å². The highest BCUT2D eigenvalue weighted by Gasteiger charge is 2.60. The lowest BCUT2D eigenvalue weighted by Crippen LogP contribution is -2.49. The fourth-order valence-corrected chi connectivity index (χ4v) is 4.92. The smallest absolute Gasteiger partial charge is 0.259 e. The first-order chi connectivity index (χ1) is 15.8. The minimum absolute atomic E-state index is 0.0838. The predicted molar refractivity (Wildman–Crippen MR) is 124 cm³/mol. The number of hydrogen-bond donors (Lipinski definition) is 1. The Balaban J connectivity index is 1.86. The number of amides is 1. The first-order valence-electron chi connectivity index (χ1n) is 10.3. The van der Waals surface area contributed by atoms with Gasteiger partial charge in [0.1, 0.15) is 17.4 Å². The van der Waals surface area contributed by atoms with E-state index in [2.05, 4.69) is 6.07 Å². The van der Waals surface area contributed by atoms with Crippen LogP contribution in [0.3, 0.4) is 0 Å². The van der Waals surface area contributed by atoms with E-state index in [-0.39, 0.29) is 29.3 Å². The van der Waals surface area contributed by atoms with Crippen molar-refractivity contribution in [3.8, 4) is 11.8 Å². The highest BCUT2D eigenvalue weighted by molar-refractivity contribution is 6.31. The lowest BCUT2D eigenvalue weighted by molar-refractivity contribution is -0.121. The van der Waals surface area contributed by atoms with E-state index < -0.39 is 16.9 Å². The summed E-state index contributed by atoms with van der Waals surface area (Å²) >= 11 is 6.39. The maximum atomic E-state index is 14.3. The molecule has 2 aromatic carbocycles. The third-order valence-corrected chi connectivity index (χ3v) is 6.78. The number of hydrogen-bond acceptors (Lipinski definition) is 5. The van der Waals surface area contributed by atoms with Crippen molar-refractivity contribution in [3.63, 3.8) is 0 Å². The molecule has 5 rings (SSSR count). The topological polar surface area (TPSA) is 101 Å². The number of benzene rings is 2. The number of rotatable bonds is 2. The molecule has 2 aliphatic rings. The predicted octanol–water partition coefficient (Wildman–Crippen LogP) is 3.27. The summed E-state index contributed by atoms with van der Waals surface area (Å²) in [7, 11) is 1.62. The van der Waals surface area contributed by atoms with Crippen molar-refractivity contribution in [2.45, 2.75) is 18.9 Å². The number of anilines is 1. The normalized spacial score (nSPS) is 18.7. The zero-order valence-electron chi connectivity index (χ0n) is 17.9. The number of pyridine rings is 1. The molecule has 8 heteroatoms. The Morgan fingerprint density at radius 3 is 2.58 bits per heavy atom. The summed E-state index contributed by atoms with van der Waals surface area (Å²) in [6.45, 7) is 1.92. The number of ether oxygens (including phenoxy) is 1. The van der Waals surface area contributed by atoms with E-state index in [9.17, 15) is 14.9 Å². The molecule has 1 spiro atoms. The average molecular weight is 459 g/mol. The Morgan fingerprint density at radius 1 is 1.15 bits per heavy atom. The van der Waals surface area contributed by atoms with Gasteiger partial charge in [-0.3, -0.25) is 9.59 Å².